The first-order valence-corrected chi connectivity index (χ1v) is 7.49. The van der Waals surface area contributed by atoms with Gasteiger partial charge in [0.2, 0.25) is 0 Å². The molecular weight excluding hydrogens is 329 g/mol. The van der Waals surface area contributed by atoms with Crippen LogP contribution in [0.2, 0.25) is 10.0 Å². The second kappa shape index (κ2) is 5.86. The molecule has 0 aromatic heterocycles. The van der Waals surface area contributed by atoms with Crippen LogP contribution in [0, 0.1) is 11.6 Å². The quantitative estimate of drug-likeness (QED) is 0.782. The van der Waals surface area contributed by atoms with Crippen LogP contribution in [0.5, 0.6) is 0 Å². The van der Waals surface area contributed by atoms with Crippen LogP contribution in [-0.2, 0) is 0 Å². The Labute approximate surface area is 136 Å². The molecule has 1 aliphatic rings. The molecule has 0 saturated heterocycles. The van der Waals surface area contributed by atoms with Crippen LogP contribution in [0.15, 0.2) is 35.3 Å². The SMILES string of the molecule is C[C@H]1CNc2ccc(Cl)c(Cl)c2C(c2c(F)cccc2F)=N1. The summed E-state index contributed by atoms with van der Waals surface area (Å²) in [6.07, 6.45) is 0. The highest BCUT2D eigenvalue weighted by Crippen LogP contribution is 2.36. The highest BCUT2D eigenvalue weighted by atomic mass is 35.5. The van der Waals surface area contributed by atoms with Crippen LogP contribution in [0.25, 0.3) is 0 Å². The van der Waals surface area contributed by atoms with Crippen molar-refractivity contribution in [3.05, 3.63) is 63.1 Å². The number of hydrogen-bond donors (Lipinski definition) is 1. The average Bonchev–Trinajstić information content (AvgIpc) is 2.63. The number of fused-ring (bicyclic) bond motifs is 1. The maximum atomic E-state index is 14.2. The lowest BCUT2D eigenvalue weighted by Crippen LogP contribution is -2.13. The van der Waals surface area contributed by atoms with Gasteiger partial charge >= 0.3 is 0 Å². The molecule has 3 rings (SSSR count). The van der Waals surface area contributed by atoms with E-state index in [0.717, 1.165) is 0 Å². The van der Waals surface area contributed by atoms with E-state index in [1.54, 1.807) is 12.1 Å². The number of benzene rings is 2. The summed E-state index contributed by atoms with van der Waals surface area (Å²) in [6.45, 7) is 2.39. The number of nitrogens with one attached hydrogen (secondary N) is 1. The Morgan fingerprint density at radius 1 is 1.09 bits per heavy atom. The molecule has 1 aliphatic heterocycles. The van der Waals surface area contributed by atoms with Crippen LogP contribution >= 0.6 is 23.2 Å². The third-order valence-corrected chi connectivity index (χ3v) is 4.27. The molecule has 1 heterocycles. The Morgan fingerprint density at radius 3 is 2.45 bits per heavy atom. The van der Waals surface area contributed by atoms with Gasteiger partial charge in [-0.2, -0.15) is 0 Å². The minimum absolute atomic E-state index is 0.170. The van der Waals surface area contributed by atoms with Gasteiger partial charge in [-0.05, 0) is 31.2 Å². The van der Waals surface area contributed by atoms with Crippen molar-refractivity contribution in [1.29, 1.82) is 0 Å². The molecule has 0 spiro atoms. The van der Waals surface area contributed by atoms with E-state index in [-0.39, 0.29) is 22.3 Å². The Balaban J connectivity index is 2.33. The minimum atomic E-state index is -0.685. The molecule has 0 unspecified atom stereocenters. The Kier molecular flexibility index (Phi) is 4.06. The fourth-order valence-electron chi connectivity index (χ4n) is 2.43. The van der Waals surface area contributed by atoms with E-state index in [9.17, 15) is 8.78 Å². The number of nitrogens with zero attached hydrogens (tertiary/aromatic N) is 1. The first kappa shape index (κ1) is 15.3. The van der Waals surface area contributed by atoms with Gasteiger partial charge in [-0.1, -0.05) is 29.3 Å². The van der Waals surface area contributed by atoms with Crippen molar-refractivity contribution in [3.8, 4) is 0 Å². The van der Waals surface area contributed by atoms with Crippen molar-refractivity contribution in [2.24, 2.45) is 4.99 Å². The van der Waals surface area contributed by atoms with Crippen LogP contribution < -0.4 is 5.32 Å². The zero-order valence-corrected chi connectivity index (χ0v) is 13.1. The predicted octanol–water partition coefficient (Wildman–Crippen LogP) is 4.92. The molecule has 0 bridgehead atoms. The molecular formula is C16H12Cl2F2N2. The van der Waals surface area contributed by atoms with Crippen LogP contribution in [0.1, 0.15) is 18.1 Å². The van der Waals surface area contributed by atoms with Gasteiger partial charge in [0.05, 0.1) is 27.4 Å². The smallest absolute Gasteiger partial charge is 0.135 e. The lowest BCUT2D eigenvalue weighted by Gasteiger charge is -2.14. The van der Waals surface area contributed by atoms with Gasteiger partial charge in [-0.15, -0.1) is 0 Å². The number of rotatable bonds is 1. The topological polar surface area (TPSA) is 24.4 Å². The first-order valence-electron chi connectivity index (χ1n) is 6.73. The van der Waals surface area contributed by atoms with E-state index in [1.807, 2.05) is 6.92 Å². The molecule has 1 atom stereocenters. The molecule has 2 aromatic carbocycles. The zero-order valence-electron chi connectivity index (χ0n) is 11.6. The second-order valence-corrected chi connectivity index (χ2v) is 5.87. The largest absolute Gasteiger partial charge is 0.382 e. The van der Waals surface area contributed by atoms with E-state index in [0.29, 0.717) is 22.8 Å². The molecule has 0 aliphatic carbocycles. The van der Waals surface area contributed by atoms with Crippen LogP contribution in [0.4, 0.5) is 14.5 Å². The third-order valence-electron chi connectivity index (χ3n) is 3.47. The van der Waals surface area contributed by atoms with Gasteiger partial charge in [0.25, 0.3) is 0 Å². The molecule has 0 saturated carbocycles. The standard InChI is InChI=1S/C16H12Cl2F2N2/c1-8-7-21-12-6-5-9(17)15(18)14(12)16(22-8)13-10(19)3-2-4-11(13)20/h2-6,8,21H,7H2,1H3/t8-/m0/s1. The van der Waals surface area contributed by atoms with Gasteiger partial charge in [0.1, 0.15) is 11.6 Å². The minimum Gasteiger partial charge on any atom is -0.382 e. The third kappa shape index (κ3) is 2.57. The maximum absolute atomic E-state index is 14.2. The molecule has 2 aromatic rings. The summed E-state index contributed by atoms with van der Waals surface area (Å²) in [5, 5.41) is 3.71. The lowest BCUT2D eigenvalue weighted by molar-refractivity contribution is 0.578. The molecule has 2 nitrogen and oxygen atoms in total. The summed E-state index contributed by atoms with van der Waals surface area (Å²) >= 11 is 12.3. The molecule has 0 radical (unpaired) electrons. The zero-order chi connectivity index (χ0) is 15.9. The highest BCUT2D eigenvalue weighted by Gasteiger charge is 2.26. The van der Waals surface area contributed by atoms with E-state index >= 15 is 0 Å². The highest BCUT2D eigenvalue weighted by molar-refractivity contribution is 6.45. The van der Waals surface area contributed by atoms with Crippen molar-refractivity contribution in [3.63, 3.8) is 0 Å². The van der Waals surface area contributed by atoms with Gasteiger partial charge in [-0.25, -0.2) is 8.78 Å². The monoisotopic (exact) mass is 340 g/mol. The molecule has 1 N–H and O–H groups in total. The van der Waals surface area contributed by atoms with Gasteiger partial charge in [0.15, 0.2) is 0 Å². The molecule has 0 fully saturated rings. The summed E-state index contributed by atoms with van der Waals surface area (Å²) in [7, 11) is 0. The first-order chi connectivity index (χ1) is 10.5. The number of aliphatic imine (C=N–C) groups is 1. The lowest BCUT2D eigenvalue weighted by atomic mass is 9.99. The number of benzodiazepines with no additional fused rings is 1. The summed E-state index contributed by atoms with van der Waals surface area (Å²) in [5.74, 6) is -1.37. The van der Waals surface area contributed by atoms with E-state index < -0.39 is 11.6 Å². The van der Waals surface area contributed by atoms with Gasteiger partial charge in [0, 0.05) is 17.8 Å². The number of halogens is 4. The van der Waals surface area contributed by atoms with Crippen LogP contribution in [-0.4, -0.2) is 18.3 Å². The summed E-state index contributed by atoms with van der Waals surface area (Å²) in [4.78, 5) is 4.44. The Hall–Kier alpha value is -1.65. The molecule has 114 valence electrons. The van der Waals surface area contributed by atoms with Crippen molar-refractivity contribution < 1.29 is 8.78 Å². The van der Waals surface area contributed by atoms with Crippen molar-refractivity contribution in [2.45, 2.75) is 13.0 Å². The Bertz CT molecular complexity index is 755. The molecule has 6 heteroatoms. The number of anilines is 1. The fraction of sp³-hybridized carbons (Fsp3) is 0.188. The van der Waals surface area contributed by atoms with Crippen molar-refractivity contribution in [2.75, 3.05) is 11.9 Å². The van der Waals surface area contributed by atoms with E-state index in [2.05, 4.69) is 10.3 Å². The maximum Gasteiger partial charge on any atom is 0.135 e. The molecule has 22 heavy (non-hydrogen) atoms. The predicted molar refractivity (Wildman–Crippen MR) is 86.4 cm³/mol. The van der Waals surface area contributed by atoms with Gasteiger partial charge in [-0.3, -0.25) is 4.99 Å². The van der Waals surface area contributed by atoms with Crippen LogP contribution in [0.3, 0.4) is 0 Å². The second-order valence-electron chi connectivity index (χ2n) is 5.09. The van der Waals surface area contributed by atoms with Crippen molar-refractivity contribution in [1.82, 2.24) is 0 Å². The Morgan fingerprint density at radius 2 is 1.77 bits per heavy atom. The molecule has 0 amide bonds. The summed E-state index contributed by atoms with van der Waals surface area (Å²) in [5.41, 5.74) is 1.06. The fourth-order valence-corrected chi connectivity index (χ4v) is 2.84. The van der Waals surface area contributed by atoms with E-state index in [1.165, 1.54) is 18.2 Å². The van der Waals surface area contributed by atoms with Gasteiger partial charge < -0.3 is 5.32 Å². The number of hydrogen-bond acceptors (Lipinski definition) is 2. The van der Waals surface area contributed by atoms with E-state index in [4.69, 9.17) is 23.2 Å². The average molecular weight is 341 g/mol. The summed E-state index contributed by atoms with van der Waals surface area (Å²) in [6, 6.07) is 6.91. The van der Waals surface area contributed by atoms with Crippen molar-refractivity contribution >= 4 is 34.6 Å². The summed E-state index contributed by atoms with van der Waals surface area (Å²) < 4.78 is 28.4. The normalized spacial score (nSPS) is 17.3.